The molecule has 1 N–H and O–H groups in total. The lowest BCUT2D eigenvalue weighted by Gasteiger charge is -2.52. The van der Waals surface area contributed by atoms with Gasteiger partial charge in [0, 0.05) is 24.2 Å². The van der Waals surface area contributed by atoms with Crippen LogP contribution >= 0.6 is 0 Å². The van der Waals surface area contributed by atoms with Gasteiger partial charge in [-0.25, -0.2) is 0 Å². The van der Waals surface area contributed by atoms with E-state index >= 15 is 0 Å². The van der Waals surface area contributed by atoms with Crippen LogP contribution in [-0.2, 0) is 16.9 Å². The minimum absolute atomic E-state index is 0.0160. The van der Waals surface area contributed by atoms with E-state index < -0.39 is 12.2 Å². The highest BCUT2D eigenvalue weighted by Crippen LogP contribution is 2.44. The molecule has 2 heterocycles. The third kappa shape index (κ3) is 3.83. The predicted octanol–water partition coefficient (Wildman–Crippen LogP) is 3.54. The smallest absolute Gasteiger partial charge is 0.387 e. The predicted molar refractivity (Wildman–Crippen MR) is 96.6 cm³/mol. The molecule has 2 aliphatic heterocycles. The van der Waals surface area contributed by atoms with E-state index in [4.69, 9.17) is 4.74 Å². The zero-order valence-corrected chi connectivity index (χ0v) is 14.9. The molecule has 6 heteroatoms. The number of aliphatic hydroxyl groups is 1. The molecule has 0 radical (unpaired) electrons. The van der Waals surface area contributed by atoms with Crippen LogP contribution in [0.5, 0.6) is 5.75 Å². The van der Waals surface area contributed by atoms with Crippen LogP contribution < -0.4 is 4.74 Å². The second kappa shape index (κ2) is 7.54. The SMILES string of the molecule is OC1(c2ccccc2OC(F)F)CC2COCC(C1)N2Cc1ccccc1. The van der Waals surface area contributed by atoms with Gasteiger partial charge in [0.05, 0.1) is 18.8 Å². The molecular weight excluding hydrogens is 352 g/mol. The highest BCUT2D eigenvalue weighted by atomic mass is 19.3. The molecule has 0 aliphatic carbocycles. The number of hydrogen-bond acceptors (Lipinski definition) is 4. The van der Waals surface area contributed by atoms with Crippen molar-refractivity contribution in [1.29, 1.82) is 0 Å². The van der Waals surface area contributed by atoms with Crippen LogP contribution in [0.2, 0.25) is 0 Å². The van der Waals surface area contributed by atoms with Gasteiger partial charge in [-0.3, -0.25) is 4.90 Å². The van der Waals surface area contributed by atoms with E-state index in [1.165, 1.54) is 11.6 Å². The summed E-state index contributed by atoms with van der Waals surface area (Å²) in [4.78, 5) is 2.36. The number of benzene rings is 2. The third-order valence-electron chi connectivity index (χ3n) is 5.52. The molecule has 4 nitrogen and oxygen atoms in total. The summed E-state index contributed by atoms with van der Waals surface area (Å²) in [7, 11) is 0. The van der Waals surface area contributed by atoms with Gasteiger partial charge in [-0.15, -0.1) is 0 Å². The van der Waals surface area contributed by atoms with Gasteiger partial charge in [-0.2, -0.15) is 8.78 Å². The van der Waals surface area contributed by atoms with Crippen molar-refractivity contribution in [3.05, 3.63) is 65.7 Å². The van der Waals surface area contributed by atoms with E-state index in [-0.39, 0.29) is 17.8 Å². The maximum Gasteiger partial charge on any atom is 0.387 e. The largest absolute Gasteiger partial charge is 0.434 e. The van der Waals surface area contributed by atoms with E-state index in [9.17, 15) is 13.9 Å². The maximum absolute atomic E-state index is 12.8. The molecular formula is C21H23F2NO3. The molecule has 2 unspecified atom stereocenters. The number of rotatable bonds is 5. The molecule has 2 saturated heterocycles. The van der Waals surface area contributed by atoms with Crippen molar-refractivity contribution < 1.29 is 23.4 Å². The Kier molecular flexibility index (Phi) is 5.12. The fourth-order valence-corrected chi connectivity index (χ4v) is 4.37. The highest BCUT2D eigenvalue weighted by molar-refractivity contribution is 5.39. The summed E-state index contributed by atoms with van der Waals surface area (Å²) in [6, 6.07) is 16.8. The normalized spacial score (nSPS) is 28.3. The fourth-order valence-electron chi connectivity index (χ4n) is 4.37. The average molecular weight is 375 g/mol. The van der Waals surface area contributed by atoms with Crippen LogP contribution in [0.15, 0.2) is 54.6 Å². The minimum atomic E-state index is -2.92. The van der Waals surface area contributed by atoms with Crippen molar-refractivity contribution >= 4 is 0 Å². The van der Waals surface area contributed by atoms with Crippen LogP contribution in [0.25, 0.3) is 0 Å². The number of piperidine rings is 1. The minimum Gasteiger partial charge on any atom is -0.434 e. The van der Waals surface area contributed by atoms with Crippen LogP contribution in [0.1, 0.15) is 24.0 Å². The molecule has 2 atom stereocenters. The average Bonchev–Trinajstić information content (AvgIpc) is 2.63. The van der Waals surface area contributed by atoms with Crippen molar-refractivity contribution in [1.82, 2.24) is 4.90 Å². The lowest BCUT2D eigenvalue weighted by atomic mass is 9.76. The first-order valence-electron chi connectivity index (χ1n) is 9.19. The Labute approximate surface area is 157 Å². The summed E-state index contributed by atoms with van der Waals surface area (Å²) in [5.74, 6) is 0.0468. The third-order valence-corrected chi connectivity index (χ3v) is 5.52. The number of ether oxygens (including phenoxy) is 2. The topological polar surface area (TPSA) is 41.9 Å². The molecule has 2 aromatic carbocycles. The standard InChI is InChI=1S/C21H23F2NO3/c22-20(23)27-19-9-5-4-8-18(19)21(25)10-16-13-26-14-17(11-21)24(16)12-15-6-2-1-3-7-15/h1-9,16-17,20,25H,10-14H2. The summed E-state index contributed by atoms with van der Waals surface area (Å²) in [5, 5.41) is 11.4. The van der Waals surface area contributed by atoms with Gasteiger partial charge in [-0.05, 0) is 24.5 Å². The van der Waals surface area contributed by atoms with Gasteiger partial charge >= 0.3 is 6.61 Å². The Morgan fingerprint density at radius 2 is 1.67 bits per heavy atom. The Balaban J connectivity index is 1.59. The summed E-state index contributed by atoms with van der Waals surface area (Å²) in [6.45, 7) is -1.10. The molecule has 27 heavy (non-hydrogen) atoms. The number of morpholine rings is 1. The second-order valence-electron chi connectivity index (χ2n) is 7.32. The monoisotopic (exact) mass is 375 g/mol. The molecule has 0 aromatic heterocycles. The Bertz CT molecular complexity index is 757. The van der Waals surface area contributed by atoms with Gasteiger partial charge in [0.25, 0.3) is 0 Å². The Hall–Kier alpha value is -2.02. The number of para-hydroxylation sites is 1. The Morgan fingerprint density at radius 3 is 2.33 bits per heavy atom. The number of fused-ring (bicyclic) bond motifs is 2. The summed E-state index contributed by atoms with van der Waals surface area (Å²) < 4.78 is 36.0. The highest BCUT2D eigenvalue weighted by Gasteiger charge is 2.48. The molecule has 0 saturated carbocycles. The van der Waals surface area contributed by atoms with Crippen LogP contribution in [-0.4, -0.2) is 41.9 Å². The molecule has 2 aromatic rings. The number of nitrogens with zero attached hydrogens (tertiary/aromatic N) is 1. The molecule has 4 rings (SSSR count). The second-order valence-corrected chi connectivity index (χ2v) is 7.32. The van der Waals surface area contributed by atoms with Crippen molar-refractivity contribution in [2.75, 3.05) is 13.2 Å². The molecule has 2 bridgehead atoms. The maximum atomic E-state index is 12.8. The molecule has 144 valence electrons. The lowest BCUT2D eigenvalue weighted by Crippen LogP contribution is -2.60. The summed E-state index contributed by atoms with van der Waals surface area (Å²) in [5.41, 5.74) is 0.431. The van der Waals surface area contributed by atoms with Crippen LogP contribution in [0, 0.1) is 0 Å². The van der Waals surface area contributed by atoms with Crippen LogP contribution in [0.3, 0.4) is 0 Å². The van der Waals surface area contributed by atoms with Crippen molar-refractivity contribution in [2.45, 2.75) is 43.7 Å². The van der Waals surface area contributed by atoms with E-state index in [1.807, 2.05) is 18.2 Å². The first kappa shape index (κ1) is 18.3. The Morgan fingerprint density at radius 1 is 1.04 bits per heavy atom. The number of hydrogen-bond donors (Lipinski definition) is 1. The van der Waals surface area contributed by atoms with E-state index in [1.54, 1.807) is 18.2 Å². The van der Waals surface area contributed by atoms with E-state index in [0.717, 1.165) is 6.54 Å². The number of halogens is 2. The van der Waals surface area contributed by atoms with Crippen molar-refractivity contribution in [3.8, 4) is 5.75 Å². The van der Waals surface area contributed by atoms with Crippen molar-refractivity contribution in [2.24, 2.45) is 0 Å². The van der Waals surface area contributed by atoms with Gasteiger partial charge in [0.2, 0.25) is 0 Å². The molecule has 0 spiro atoms. The number of alkyl halides is 2. The van der Waals surface area contributed by atoms with E-state index in [2.05, 4.69) is 21.8 Å². The molecule has 0 amide bonds. The summed E-state index contributed by atoms with van der Waals surface area (Å²) >= 11 is 0. The van der Waals surface area contributed by atoms with Gasteiger partial charge in [-0.1, -0.05) is 48.5 Å². The van der Waals surface area contributed by atoms with Gasteiger partial charge in [0.1, 0.15) is 5.75 Å². The lowest BCUT2D eigenvalue weighted by molar-refractivity contribution is -0.151. The van der Waals surface area contributed by atoms with E-state index in [0.29, 0.717) is 31.6 Å². The summed E-state index contributed by atoms with van der Waals surface area (Å²) in [6.07, 6.45) is 0.833. The molecule has 2 aliphatic rings. The zero-order chi connectivity index (χ0) is 18.9. The first-order valence-corrected chi connectivity index (χ1v) is 9.19. The van der Waals surface area contributed by atoms with Gasteiger partial charge in [0.15, 0.2) is 0 Å². The van der Waals surface area contributed by atoms with Crippen molar-refractivity contribution in [3.63, 3.8) is 0 Å². The van der Waals surface area contributed by atoms with Gasteiger partial charge < -0.3 is 14.6 Å². The van der Waals surface area contributed by atoms with Crippen LogP contribution in [0.4, 0.5) is 8.78 Å². The fraction of sp³-hybridized carbons (Fsp3) is 0.429. The quantitative estimate of drug-likeness (QED) is 0.868. The molecule has 2 fully saturated rings. The zero-order valence-electron chi connectivity index (χ0n) is 14.9. The first-order chi connectivity index (χ1) is 13.0.